The maximum Gasteiger partial charge on any atom is 0.0737 e. The summed E-state index contributed by atoms with van der Waals surface area (Å²) in [6, 6.07) is 8.50. The first-order chi connectivity index (χ1) is 25.4. The Hall–Kier alpha value is -5.12. The first kappa shape index (κ1) is 32.8. The number of hydrogen-bond acceptors (Lipinski definition) is 6. The minimum absolute atomic E-state index is 0.746. The lowest BCUT2D eigenvalue weighted by Crippen LogP contribution is -1.99. The van der Waals surface area contributed by atoms with Gasteiger partial charge in [-0.25, -0.2) is 9.97 Å². The molecule has 4 aliphatic carbocycles. The molecule has 6 aliphatic rings. The number of nitrogens with one attached hydrogen (secondary N) is 2. The molecule has 250 valence electrons. The van der Waals surface area contributed by atoms with Crippen LogP contribution in [0.2, 0.25) is 0 Å². The van der Waals surface area contributed by atoms with E-state index in [9.17, 15) is 0 Å². The average Bonchev–Trinajstić information content (AvgIpc) is 3.96. The molecule has 0 amide bonds. The third kappa shape index (κ3) is 6.11. The summed E-state index contributed by atoms with van der Waals surface area (Å²) in [5.41, 5.74) is 15.0. The van der Waals surface area contributed by atoms with Gasteiger partial charge in [-0.05, 0) is 95.2 Å². The van der Waals surface area contributed by atoms with Crippen LogP contribution < -0.4 is 0 Å². The molecule has 0 radical (unpaired) electrons. The van der Waals surface area contributed by atoms with E-state index in [1.54, 1.807) is 0 Å². The Balaban J connectivity index is 1.46. The van der Waals surface area contributed by atoms with Crippen molar-refractivity contribution < 1.29 is 0 Å². The van der Waals surface area contributed by atoms with Crippen LogP contribution in [-0.2, 0) is 0 Å². The SMILES string of the molecule is S=C1C=C(c2c3nc(c(C4=CC(=S)CC=C4)c4ccc([nH]4)c(C4=CC(=S)CC=C4)c4nc(c(C5=CC(=S)CC=C5)c5ccc2[nH]5)C=C4)C=C3)C=CC1. The number of aromatic nitrogens is 4. The summed E-state index contributed by atoms with van der Waals surface area (Å²) < 4.78 is 0. The number of nitrogens with zero attached hydrogens (tertiary/aromatic N) is 2. The molecule has 5 heterocycles. The van der Waals surface area contributed by atoms with Crippen molar-refractivity contribution in [2.24, 2.45) is 0 Å². The van der Waals surface area contributed by atoms with E-state index in [0.717, 1.165) is 135 Å². The van der Waals surface area contributed by atoms with Gasteiger partial charge in [0.15, 0.2) is 0 Å². The molecular formula is C44H30N4S4. The van der Waals surface area contributed by atoms with Gasteiger partial charge in [0.1, 0.15) is 0 Å². The van der Waals surface area contributed by atoms with Crippen molar-refractivity contribution in [1.29, 1.82) is 0 Å². The summed E-state index contributed by atoms with van der Waals surface area (Å²) in [7, 11) is 0. The molecule has 0 aromatic carbocycles. The fourth-order valence-electron chi connectivity index (χ4n) is 7.37. The monoisotopic (exact) mass is 742 g/mol. The molecule has 3 aromatic rings. The van der Waals surface area contributed by atoms with E-state index < -0.39 is 0 Å². The second kappa shape index (κ2) is 13.5. The predicted molar refractivity (Wildman–Crippen MR) is 236 cm³/mol. The summed E-state index contributed by atoms with van der Waals surface area (Å²) in [6.45, 7) is 0. The fourth-order valence-corrected chi connectivity index (χ4v) is 8.27. The van der Waals surface area contributed by atoms with Gasteiger partial charge < -0.3 is 9.97 Å². The summed E-state index contributed by atoms with van der Waals surface area (Å²) in [6.07, 6.45) is 36.8. The Morgan fingerprint density at radius 1 is 0.365 bits per heavy atom. The molecule has 3 aromatic heterocycles. The van der Waals surface area contributed by atoms with Crippen LogP contribution in [0.4, 0.5) is 0 Å². The van der Waals surface area contributed by atoms with E-state index in [1.165, 1.54) is 0 Å². The Kier molecular flexibility index (Phi) is 8.48. The summed E-state index contributed by atoms with van der Waals surface area (Å²) in [4.78, 5) is 21.8. The van der Waals surface area contributed by atoms with E-state index in [-0.39, 0.29) is 0 Å². The predicted octanol–water partition coefficient (Wildman–Crippen LogP) is 11.5. The van der Waals surface area contributed by atoms with Gasteiger partial charge in [-0.1, -0.05) is 97.5 Å². The van der Waals surface area contributed by atoms with E-state index in [2.05, 4.69) is 131 Å². The van der Waals surface area contributed by atoms with Crippen LogP contribution in [0.5, 0.6) is 0 Å². The topological polar surface area (TPSA) is 57.4 Å². The van der Waals surface area contributed by atoms with Crippen molar-refractivity contribution in [2.75, 3.05) is 0 Å². The maximum absolute atomic E-state index is 5.71. The molecule has 2 N–H and O–H groups in total. The van der Waals surface area contributed by atoms with Crippen molar-refractivity contribution in [1.82, 2.24) is 19.9 Å². The second-order valence-corrected chi connectivity index (χ2v) is 15.3. The van der Waals surface area contributed by atoms with Gasteiger partial charge in [0.05, 0.1) is 22.8 Å². The van der Waals surface area contributed by atoms with Gasteiger partial charge in [-0.15, -0.1) is 0 Å². The molecule has 0 saturated carbocycles. The molecule has 4 nitrogen and oxygen atoms in total. The molecule has 9 rings (SSSR count). The number of hydrogen-bond donors (Lipinski definition) is 2. The lowest BCUT2D eigenvalue weighted by atomic mass is 9.98. The van der Waals surface area contributed by atoms with Crippen LogP contribution in [0.15, 0.2) is 97.2 Å². The van der Waals surface area contributed by atoms with Gasteiger partial charge in [0, 0.05) is 89.5 Å². The maximum atomic E-state index is 5.71. The number of allylic oxidation sites excluding steroid dienone is 16. The first-order valence-electron chi connectivity index (χ1n) is 17.2. The molecule has 8 heteroatoms. The molecule has 2 aliphatic heterocycles. The first-order valence-corrected chi connectivity index (χ1v) is 18.8. The van der Waals surface area contributed by atoms with Crippen molar-refractivity contribution in [3.8, 4) is 0 Å². The Morgan fingerprint density at radius 2 is 0.615 bits per heavy atom. The minimum Gasteiger partial charge on any atom is -0.354 e. The standard InChI is InChI=1S/C44H30N4S4/c49-29-9-1-5-25(21-29)41-33-13-15-35(45-33)42(26-6-2-10-30(50)22-26)37-17-19-39(47-37)44(28-8-4-12-32(52)24-28)40-20-18-38(48-40)43(36-16-14-34(41)46-36)27-7-3-11-31(51)23-27/h1-8,13-24,45,48H,9-12H2. The molecule has 0 unspecified atom stereocenters. The normalized spacial score (nSPS) is 17.8. The average molecular weight is 743 g/mol. The lowest BCUT2D eigenvalue weighted by molar-refractivity contribution is 1.28. The number of thiocarbonyl (C=S) groups is 4. The Labute approximate surface area is 322 Å². The number of aromatic amines is 2. The largest absolute Gasteiger partial charge is 0.354 e. The zero-order valence-electron chi connectivity index (χ0n) is 27.9. The van der Waals surface area contributed by atoms with E-state index in [1.807, 2.05) is 0 Å². The molecule has 0 spiro atoms. The highest BCUT2D eigenvalue weighted by molar-refractivity contribution is 7.81. The zero-order valence-corrected chi connectivity index (χ0v) is 31.2. The van der Waals surface area contributed by atoms with Crippen LogP contribution in [0.3, 0.4) is 0 Å². The molecule has 0 atom stereocenters. The van der Waals surface area contributed by atoms with E-state index in [0.29, 0.717) is 0 Å². The van der Waals surface area contributed by atoms with Gasteiger partial charge in [-0.2, -0.15) is 0 Å². The van der Waals surface area contributed by atoms with Crippen LogP contribution >= 0.6 is 48.9 Å². The lowest BCUT2D eigenvalue weighted by Gasteiger charge is -2.12. The molecule has 0 fully saturated rings. The summed E-state index contributed by atoms with van der Waals surface area (Å²) in [5.74, 6) is 0. The second-order valence-electron chi connectivity index (χ2n) is 13.2. The van der Waals surface area contributed by atoms with Crippen molar-refractivity contribution >= 4 is 137 Å². The number of fused-ring (bicyclic) bond motifs is 8. The summed E-state index contributed by atoms with van der Waals surface area (Å²) in [5, 5.41) is 0. The highest BCUT2D eigenvalue weighted by Gasteiger charge is 2.21. The quantitative estimate of drug-likeness (QED) is 0.179. The fraction of sp³-hybridized carbons (Fsp3) is 0.0909. The molecule has 8 bridgehead atoms. The summed E-state index contributed by atoms with van der Waals surface area (Å²) >= 11 is 22.9. The van der Waals surface area contributed by atoms with Crippen LogP contribution in [0.25, 0.3) is 68.7 Å². The van der Waals surface area contributed by atoms with Gasteiger partial charge in [0.25, 0.3) is 0 Å². The minimum atomic E-state index is 0.746. The van der Waals surface area contributed by atoms with Gasteiger partial charge >= 0.3 is 0 Å². The van der Waals surface area contributed by atoms with Crippen molar-refractivity contribution in [3.63, 3.8) is 0 Å². The zero-order chi connectivity index (χ0) is 35.3. The van der Waals surface area contributed by atoms with Crippen LogP contribution in [0.1, 0.15) is 70.7 Å². The Morgan fingerprint density at radius 3 is 0.846 bits per heavy atom. The smallest absolute Gasteiger partial charge is 0.0737 e. The van der Waals surface area contributed by atoms with Gasteiger partial charge in [-0.3, -0.25) is 0 Å². The van der Waals surface area contributed by atoms with Crippen LogP contribution in [-0.4, -0.2) is 39.4 Å². The number of rotatable bonds is 4. The Bertz CT molecular complexity index is 2330. The molecular weight excluding hydrogens is 713 g/mol. The molecule has 0 saturated heterocycles. The van der Waals surface area contributed by atoms with Crippen LogP contribution in [0, 0.1) is 0 Å². The van der Waals surface area contributed by atoms with E-state index >= 15 is 0 Å². The van der Waals surface area contributed by atoms with Gasteiger partial charge in [0.2, 0.25) is 0 Å². The molecule has 52 heavy (non-hydrogen) atoms. The number of H-pyrrole nitrogens is 2. The third-order valence-electron chi connectivity index (χ3n) is 9.64. The van der Waals surface area contributed by atoms with Crippen molar-refractivity contribution in [3.05, 3.63) is 142 Å². The highest BCUT2D eigenvalue weighted by Crippen LogP contribution is 2.37. The van der Waals surface area contributed by atoms with Crippen molar-refractivity contribution in [2.45, 2.75) is 25.7 Å². The van der Waals surface area contributed by atoms with E-state index in [4.69, 9.17) is 58.8 Å². The third-order valence-corrected chi connectivity index (χ3v) is 10.8. The highest BCUT2D eigenvalue weighted by atomic mass is 32.1.